The maximum absolute atomic E-state index is 14.2. The first-order valence-electron chi connectivity index (χ1n) is 15.5. The number of pyridine rings is 1. The smallest absolute Gasteiger partial charge is 0.254 e. The molecule has 0 spiro atoms. The monoisotopic (exact) mass is 611 g/mol. The number of carbonyl (C=O) groups is 2. The minimum Gasteiger partial charge on any atom is -0.497 e. The lowest BCUT2D eigenvalue weighted by atomic mass is 9.90. The third-order valence-corrected chi connectivity index (χ3v) is 9.39. The first-order valence-corrected chi connectivity index (χ1v) is 15.5. The Bertz CT molecular complexity index is 1790. The fourth-order valence-corrected chi connectivity index (χ4v) is 7.13. The molecule has 4 aromatic rings. The summed E-state index contributed by atoms with van der Waals surface area (Å²) in [5, 5.41) is 8.12. The van der Waals surface area contributed by atoms with Crippen LogP contribution in [0.2, 0.25) is 0 Å². The van der Waals surface area contributed by atoms with Gasteiger partial charge in [0.25, 0.3) is 5.91 Å². The quantitative estimate of drug-likeness (QED) is 0.342. The molecule has 2 amide bonds. The summed E-state index contributed by atoms with van der Waals surface area (Å²) in [7, 11) is 1.60. The molecule has 0 bridgehead atoms. The Morgan fingerprint density at radius 2 is 1.96 bits per heavy atom. The molecule has 3 aliphatic heterocycles. The van der Waals surface area contributed by atoms with Gasteiger partial charge in [-0.15, -0.1) is 0 Å². The highest BCUT2D eigenvalue weighted by Gasteiger charge is 2.42. The topological polar surface area (TPSA) is 95.3 Å². The van der Waals surface area contributed by atoms with Crippen LogP contribution in [0.3, 0.4) is 0 Å². The molecule has 0 saturated carbocycles. The number of methoxy groups -OCH3 is 1. The Morgan fingerprint density at radius 1 is 1.16 bits per heavy atom. The molecule has 0 aliphatic carbocycles. The molecule has 0 radical (unpaired) electrons. The molecule has 0 unspecified atom stereocenters. The Morgan fingerprint density at radius 3 is 2.73 bits per heavy atom. The lowest BCUT2D eigenvalue weighted by molar-refractivity contribution is -0.120. The molecule has 1 N–H and O–H groups in total. The van der Waals surface area contributed by atoms with Gasteiger partial charge in [-0.2, -0.15) is 5.10 Å². The number of aromatic nitrogens is 3. The molecule has 2 atom stereocenters. The number of ether oxygens (including phenoxy) is 1. The van der Waals surface area contributed by atoms with Gasteiger partial charge in [0.1, 0.15) is 17.9 Å². The Kier molecular flexibility index (Phi) is 7.32. The van der Waals surface area contributed by atoms with Gasteiger partial charge in [-0.1, -0.05) is 32.0 Å². The van der Waals surface area contributed by atoms with Crippen molar-refractivity contribution in [2.75, 3.05) is 44.7 Å². The predicted octanol–water partition coefficient (Wildman–Crippen LogP) is 3.41. The van der Waals surface area contributed by atoms with E-state index in [0.29, 0.717) is 50.5 Å². The summed E-state index contributed by atoms with van der Waals surface area (Å²) in [5.41, 5.74) is 5.72. The van der Waals surface area contributed by atoms with E-state index >= 15 is 0 Å². The number of benzene rings is 2. The van der Waals surface area contributed by atoms with Crippen LogP contribution in [0, 0.1) is 5.82 Å². The maximum Gasteiger partial charge on any atom is 0.254 e. The van der Waals surface area contributed by atoms with Gasteiger partial charge < -0.3 is 19.9 Å². The molecule has 2 aromatic carbocycles. The molecule has 234 valence electrons. The van der Waals surface area contributed by atoms with Crippen LogP contribution in [-0.4, -0.2) is 88.1 Å². The molecule has 11 heteroatoms. The Labute approximate surface area is 261 Å². The second-order valence-electron chi connectivity index (χ2n) is 13.2. The molecule has 10 nitrogen and oxygen atoms in total. The van der Waals surface area contributed by atoms with E-state index in [1.54, 1.807) is 25.6 Å². The van der Waals surface area contributed by atoms with Crippen LogP contribution in [0.15, 0.2) is 54.9 Å². The molecule has 7 rings (SSSR count). The van der Waals surface area contributed by atoms with Crippen molar-refractivity contribution in [2.24, 2.45) is 0 Å². The second-order valence-corrected chi connectivity index (χ2v) is 13.2. The van der Waals surface area contributed by atoms with Gasteiger partial charge in [-0.05, 0) is 48.4 Å². The normalized spacial score (nSPS) is 21.0. The molecule has 2 aromatic heterocycles. The molecule has 3 aliphatic rings. The molecular weight excluding hydrogens is 573 g/mol. The SMILES string of the molecule is COc1ccc2c(c1)C(=O)N(C[C@H]1CN[C@H](C)CN1CC(=O)N1CC(C)(C)c3c1cc(Cc1ccc(F)cc1)c1ncnn31)C2. The van der Waals surface area contributed by atoms with Gasteiger partial charge in [0.15, 0.2) is 5.65 Å². The second kappa shape index (κ2) is 11.2. The van der Waals surface area contributed by atoms with E-state index < -0.39 is 0 Å². The van der Waals surface area contributed by atoms with Crippen LogP contribution in [0.25, 0.3) is 5.65 Å². The highest BCUT2D eigenvalue weighted by Crippen LogP contribution is 2.42. The number of hydrogen-bond acceptors (Lipinski definition) is 7. The van der Waals surface area contributed by atoms with Gasteiger partial charge in [0.2, 0.25) is 5.91 Å². The summed E-state index contributed by atoms with van der Waals surface area (Å²) in [5.74, 6) is 0.392. The van der Waals surface area contributed by atoms with Crippen LogP contribution in [-0.2, 0) is 23.2 Å². The van der Waals surface area contributed by atoms with Crippen LogP contribution < -0.4 is 15.0 Å². The number of amides is 2. The largest absolute Gasteiger partial charge is 0.497 e. The molecule has 1 fully saturated rings. The van der Waals surface area contributed by atoms with E-state index in [0.717, 1.165) is 33.7 Å². The molecular formula is C34H38FN7O3. The van der Waals surface area contributed by atoms with Crippen molar-refractivity contribution in [2.45, 2.75) is 51.2 Å². The maximum atomic E-state index is 14.2. The fraction of sp³-hybridized carbons (Fsp3) is 0.412. The summed E-state index contributed by atoms with van der Waals surface area (Å²) in [4.78, 5) is 38.1. The number of nitrogens with zero attached hydrogens (tertiary/aromatic N) is 6. The third-order valence-electron chi connectivity index (χ3n) is 9.39. The van der Waals surface area contributed by atoms with Crippen molar-refractivity contribution in [1.29, 1.82) is 0 Å². The van der Waals surface area contributed by atoms with Gasteiger partial charge in [-0.25, -0.2) is 13.9 Å². The van der Waals surface area contributed by atoms with Crippen molar-refractivity contribution in [3.8, 4) is 5.75 Å². The molecule has 5 heterocycles. The number of piperazine rings is 1. The van der Waals surface area contributed by atoms with Crippen molar-refractivity contribution in [1.82, 2.24) is 29.7 Å². The average molecular weight is 612 g/mol. The summed E-state index contributed by atoms with van der Waals surface area (Å²) >= 11 is 0. The first kappa shape index (κ1) is 29.4. The number of hydrogen-bond donors (Lipinski definition) is 1. The van der Waals surface area contributed by atoms with Crippen molar-refractivity contribution in [3.05, 3.63) is 88.6 Å². The number of fused-ring (bicyclic) bond motifs is 4. The zero-order valence-electron chi connectivity index (χ0n) is 26.1. The minimum atomic E-state index is -0.351. The minimum absolute atomic E-state index is 0.00505. The summed E-state index contributed by atoms with van der Waals surface area (Å²) in [6.45, 7) is 9.57. The van der Waals surface area contributed by atoms with E-state index in [1.807, 2.05) is 32.5 Å². The zero-order valence-corrected chi connectivity index (χ0v) is 26.1. The van der Waals surface area contributed by atoms with Crippen molar-refractivity contribution >= 4 is 23.1 Å². The summed E-state index contributed by atoms with van der Waals surface area (Å²) < 4.78 is 20.8. The summed E-state index contributed by atoms with van der Waals surface area (Å²) in [6, 6.07) is 14.4. The van der Waals surface area contributed by atoms with E-state index in [9.17, 15) is 14.0 Å². The number of carbonyl (C=O) groups excluding carboxylic acids is 2. The zero-order chi connectivity index (χ0) is 31.5. The highest BCUT2D eigenvalue weighted by molar-refractivity contribution is 5.99. The Hall–Kier alpha value is -4.35. The van der Waals surface area contributed by atoms with Gasteiger partial charge in [0, 0.05) is 67.8 Å². The standard InChI is InChI=1S/C34H38FN7O3/c1-21-15-39(26(14-36-21)17-40-16-23-7-10-27(45-4)13-28(23)33(40)44)18-30(43)41-19-34(2,3)31-29(41)12-24(32-37-20-38-42(31)32)11-22-5-8-25(35)9-6-22/h5-10,12-13,20-21,26,36H,11,14-19H2,1-4H3/t21-,26-/m1/s1. The lowest BCUT2D eigenvalue weighted by Gasteiger charge is -2.41. The van der Waals surface area contributed by atoms with E-state index in [-0.39, 0.29) is 41.7 Å². The lowest BCUT2D eigenvalue weighted by Crippen LogP contribution is -2.60. The Balaban J connectivity index is 1.14. The van der Waals surface area contributed by atoms with Crippen LogP contribution in [0.5, 0.6) is 5.75 Å². The molecule has 1 saturated heterocycles. The van der Waals surface area contributed by atoms with Crippen LogP contribution in [0.4, 0.5) is 10.1 Å². The van der Waals surface area contributed by atoms with Crippen LogP contribution in [0.1, 0.15) is 53.5 Å². The van der Waals surface area contributed by atoms with Gasteiger partial charge >= 0.3 is 0 Å². The third kappa shape index (κ3) is 5.33. The van der Waals surface area contributed by atoms with E-state index in [1.165, 1.54) is 12.1 Å². The van der Waals surface area contributed by atoms with Crippen molar-refractivity contribution < 1.29 is 18.7 Å². The van der Waals surface area contributed by atoms with E-state index in [4.69, 9.17) is 4.74 Å². The van der Waals surface area contributed by atoms with Crippen LogP contribution >= 0.6 is 0 Å². The molecule has 45 heavy (non-hydrogen) atoms. The van der Waals surface area contributed by atoms with Gasteiger partial charge in [0.05, 0.1) is 25.0 Å². The fourth-order valence-electron chi connectivity index (χ4n) is 7.13. The summed E-state index contributed by atoms with van der Waals surface area (Å²) in [6.07, 6.45) is 2.08. The highest BCUT2D eigenvalue weighted by atomic mass is 19.1. The number of rotatable bonds is 7. The predicted molar refractivity (Wildman–Crippen MR) is 168 cm³/mol. The number of halogens is 1. The van der Waals surface area contributed by atoms with Crippen molar-refractivity contribution in [3.63, 3.8) is 0 Å². The number of nitrogens with one attached hydrogen (secondary N) is 1. The first-order chi connectivity index (χ1) is 21.6. The average Bonchev–Trinajstić information content (AvgIpc) is 3.69. The van der Waals surface area contributed by atoms with E-state index in [2.05, 4.69) is 47.1 Å². The number of anilines is 1. The van der Waals surface area contributed by atoms with Gasteiger partial charge in [-0.3, -0.25) is 14.5 Å².